The van der Waals surface area contributed by atoms with Crippen LogP contribution in [0.5, 0.6) is 0 Å². The van der Waals surface area contributed by atoms with E-state index in [2.05, 4.69) is 14.5 Å². The molecule has 9 heteroatoms. The molecule has 156 valence electrons. The van der Waals surface area contributed by atoms with E-state index in [0.717, 1.165) is 0 Å². The van der Waals surface area contributed by atoms with Crippen molar-refractivity contribution < 1.29 is 38.9 Å². The van der Waals surface area contributed by atoms with Crippen LogP contribution >= 0.6 is 0 Å². The van der Waals surface area contributed by atoms with Gasteiger partial charge in [-0.25, -0.2) is 14.6 Å². The number of nitrogens with zero attached hydrogens (tertiary/aromatic N) is 1. The number of aliphatic hydroxyl groups excluding tert-OH is 2. The average Bonchev–Trinajstić information content (AvgIpc) is 2.72. The van der Waals surface area contributed by atoms with Crippen LogP contribution in [0.2, 0.25) is 0 Å². The molecule has 2 rings (SSSR count). The molecule has 30 heavy (non-hydrogen) atoms. The number of carbonyl (C=O) groups is 4. The van der Waals surface area contributed by atoms with E-state index in [1.165, 1.54) is 19.9 Å². The maximum atomic E-state index is 11.9. The Morgan fingerprint density at radius 3 is 2.00 bits per heavy atom. The maximum absolute atomic E-state index is 11.9. The van der Waals surface area contributed by atoms with Crippen LogP contribution in [0, 0.1) is 0 Å². The molecule has 0 saturated heterocycles. The van der Waals surface area contributed by atoms with Gasteiger partial charge in [-0.15, -0.1) is 0 Å². The second-order valence-electron chi connectivity index (χ2n) is 5.80. The highest BCUT2D eigenvalue weighted by Crippen LogP contribution is 2.26. The number of aliphatic hydroxyl groups is 2. The van der Waals surface area contributed by atoms with E-state index in [4.69, 9.17) is 0 Å². The summed E-state index contributed by atoms with van der Waals surface area (Å²) in [5.74, 6) is -5.67. The lowest BCUT2D eigenvalue weighted by atomic mass is 10.0. The number of rotatable bonds is 8. The Morgan fingerprint density at radius 1 is 0.900 bits per heavy atom. The molecular weight excluding hydrogens is 394 g/mol. The minimum atomic E-state index is -1.15. The van der Waals surface area contributed by atoms with Gasteiger partial charge in [0.05, 0.1) is 18.7 Å². The molecule has 2 N–H and O–H groups in total. The van der Waals surface area contributed by atoms with Crippen molar-refractivity contribution in [2.75, 3.05) is 13.2 Å². The molecule has 1 aromatic carbocycles. The third kappa shape index (κ3) is 5.28. The van der Waals surface area contributed by atoms with E-state index in [0.29, 0.717) is 23.1 Å². The SMILES string of the molecule is CCOC(=O)C(=O)C=C(O)c1cc(C(O)=CC(=O)C(=O)OCC)c2ccccc2n1. The van der Waals surface area contributed by atoms with Crippen LogP contribution in [0.1, 0.15) is 25.1 Å². The van der Waals surface area contributed by atoms with Crippen molar-refractivity contribution in [3.05, 3.63) is 53.7 Å². The second kappa shape index (κ2) is 9.97. The van der Waals surface area contributed by atoms with Gasteiger partial charge in [0.1, 0.15) is 17.2 Å². The number of hydrogen-bond acceptors (Lipinski definition) is 9. The van der Waals surface area contributed by atoms with Gasteiger partial charge >= 0.3 is 11.9 Å². The van der Waals surface area contributed by atoms with E-state index < -0.39 is 35.0 Å². The summed E-state index contributed by atoms with van der Waals surface area (Å²) in [6.45, 7) is 3.04. The zero-order valence-corrected chi connectivity index (χ0v) is 16.2. The lowest BCUT2D eigenvalue weighted by Crippen LogP contribution is -2.15. The van der Waals surface area contributed by atoms with Crippen molar-refractivity contribution >= 4 is 45.9 Å². The highest BCUT2D eigenvalue weighted by molar-refractivity contribution is 6.40. The lowest BCUT2D eigenvalue weighted by Gasteiger charge is -2.09. The number of ether oxygens (including phenoxy) is 2. The van der Waals surface area contributed by atoms with E-state index >= 15 is 0 Å². The Balaban J connectivity index is 2.53. The fourth-order valence-corrected chi connectivity index (χ4v) is 2.44. The smallest absolute Gasteiger partial charge is 0.379 e. The van der Waals surface area contributed by atoms with E-state index in [-0.39, 0.29) is 24.5 Å². The third-order valence-corrected chi connectivity index (χ3v) is 3.74. The Labute approximate surface area is 171 Å². The van der Waals surface area contributed by atoms with Crippen LogP contribution < -0.4 is 0 Å². The zero-order valence-electron chi connectivity index (χ0n) is 16.2. The number of hydrogen-bond donors (Lipinski definition) is 2. The topological polar surface area (TPSA) is 140 Å². The van der Waals surface area contributed by atoms with Crippen LogP contribution in [0.25, 0.3) is 22.4 Å². The van der Waals surface area contributed by atoms with Crippen LogP contribution in [0.15, 0.2) is 42.5 Å². The first-order valence-corrected chi connectivity index (χ1v) is 8.92. The van der Waals surface area contributed by atoms with Crippen LogP contribution in [0.3, 0.4) is 0 Å². The summed E-state index contributed by atoms with van der Waals surface area (Å²) in [6.07, 6.45) is 1.33. The first kappa shape index (κ1) is 22.3. The number of aromatic nitrogens is 1. The minimum absolute atomic E-state index is 0.00529. The summed E-state index contributed by atoms with van der Waals surface area (Å²) >= 11 is 0. The summed E-state index contributed by atoms with van der Waals surface area (Å²) < 4.78 is 9.15. The molecule has 0 atom stereocenters. The van der Waals surface area contributed by atoms with Crippen molar-refractivity contribution in [2.24, 2.45) is 0 Å². The highest BCUT2D eigenvalue weighted by Gasteiger charge is 2.18. The number of pyridine rings is 1. The Kier molecular flexibility index (Phi) is 7.40. The predicted octanol–water partition coefficient (Wildman–Crippen LogP) is 2.30. The third-order valence-electron chi connectivity index (χ3n) is 3.74. The van der Waals surface area contributed by atoms with Crippen LogP contribution in [0.4, 0.5) is 0 Å². The molecule has 0 aliphatic heterocycles. The molecule has 9 nitrogen and oxygen atoms in total. The molecule has 0 fully saturated rings. The summed E-state index contributed by atoms with van der Waals surface area (Å²) in [6, 6.07) is 7.69. The molecule has 0 bridgehead atoms. The van der Waals surface area contributed by atoms with Gasteiger partial charge in [-0.1, -0.05) is 18.2 Å². The molecule has 0 radical (unpaired) electrons. The van der Waals surface area contributed by atoms with Gasteiger partial charge in [0.2, 0.25) is 0 Å². The van der Waals surface area contributed by atoms with Crippen LogP contribution in [-0.2, 0) is 28.7 Å². The molecule has 0 aliphatic carbocycles. The number of carbonyl (C=O) groups excluding carboxylic acids is 4. The molecule has 0 saturated carbocycles. The number of fused-ring (bicyclic) bond motifs is 1. The Hall–Kier alpha value is -4.01. The van der Waals surface area contributed by atoms with E-state index in [1.54, 1.807) is 24.3 Å². The minimum Gasteiger partial charge on any atom is -0.507 e. The van der Waals surface area contributed by atoms with Gasteiger partial charge < -0.3 is 19.7 Å². The highest BCUT2D eigenvalue weighted by atomic mass is 16.5. The molecule has 0 amide bonds. The maximum Gasteiger partial charge on any atom is 0.379 e. The fourth-order valence-electron chi connectivity index (χ4n) is 2.44. The summed E-state index contributed by atoms with van der Waals surface area (Å²) in [5, 5.41) is 21.1. The van der Waals surface area contributed by atoms with Gasteiger partial charge in [-0.2, -0.15) is 0 Å². The first-order chi connectivity index (χ1) is 14.3. The van der Waals surface area contributed by atoms with Gasteiger partial charge in [0.15, 0.2) is 0 Å². The van der Waals surface area contributed by atoms with E-state index in [1.807, 2.05) is 0 Å². The quantitative estimate of drug-likeness (QED) is 0.289. The number of ketones is 2. The molecular formula is C21H19NO8. The monoisotopic (exact) mass is 413 g/mol. The standard InChI is InChI=1S/C21H19NO8/c1-3-29-20(27)18(25)10-16(23)13-9-15(22-14-8-6-5-7-12(13)14)17(24)11-19(26)21(28)30-4-2/h5-11,23-24H,3-4H2,1-2H3. The fraction of sp³-hybridized carbons (Fsp3) is 0.190. The Bertz CT molecular complexity index is 1070. The second-order valence-corrected chi connectivity index (χ2v) is 5.80. The van der Waals surface area contributed by atoms with Gasteiger partial charge in [0, 0.05) is 23.1 Å². The van der Waals surface area contributed by atoms with Crippen molar-refractivity contribution in [1.82, 2.24) is 4.98 Å². The number of benzene rings is 1. The predicted molar refractivity (Wildman–Crippen MR) is 106 cm³/mol. The molecule has 1 heterocycles. The number of para-hydroxylation sites is 1. The van der Waals surface area contributed by atoms with Crippen molar-refractivity contribution in [1.29, 1.82) is 0 Å². The molecule has 2 aromatic rings. The first-order valence-electron chi connectivity index (χ1n) is 8.92. The van der Waals surface area contributed by atoms with Crippen molar-refractivity contribution in [2.45, 2.75) is 13.8 Å². The largest absolute Gasteiger partial charge is 0.507 e. The number of esters is 2. The van der Waals surface area contributed by atoms with E-state index in [9.17, 15) is 29.4 Å². The summed E-state index contributed by atoms with van der Waals surface area (Å²) in [7, 11) is 0. The average molecular weight is 413 g/mol. The molecule has 0 aliphatic rings. The van der Waals surface area contributed by atoms with Crippen molar-refractivity contribution in [3.63, 3.8) is 0 Å². The molecule has 1 aromatic heterocycles. The normalized spacial score (nSPS) is 11.8. The van der Waals surface area contributed by atoms with Gasteiger partial charge in [0.25, 0.3) is 11.6 Å². The Morgan fingerprint density at radius 2 is 1.43 bits per heavy atom. The molecule has 0 unspecified atom stereocenters. The molecule has 0 spiro atoms. The van der Waals surface area contributed by atoms with Crippen LogP contribution in [-0.4, -0.2) is 51.9 Å². The van der Waals surface area contributed by atoms with Gasteiger partial charge in [-0.3, -0.25) is 9.59 Å². The van der Waals surface area contributed by atoms with Crippen molar-refractivity contribution in [3.8, 4) is 0 Å². The lowest BCUT2D eigenvalue weighted by molar-refractivity contribution is -0.151. The van der Waals surface area contributed by atoms with Gasteiger partial charge in [-0.05, 0) is 26.0 Å². The summed E-state index contributed by atoms with van der Waals surface area (Å²) in [4.78, 5) is 50.8. The zero-order chi connectivity index (χ0) is 22.3. The summed E-state index contributed by atoms with van der Waals surface area (Å²) in [5.41, 5.74) is 0.235.